The summed E-state index contributed by atoms with van der Waals surface area (Å²) in [6.07, 6.45) is 6.08. The summed E-state index contributed by atoms with van der Waals surface area (Å²) in [5.74, 6) is 0.588. The predicted molar refractivity (Wildman–Crippen MR) is 104 cm³/mol. The van der Waals surface area contributed by atoms with Gasteiger partial charge in [0.2, 0.25) is 0 Å². The monoisotopic (exact) mass is 385 g/mol. The van der Waals surface area contributed by atoms with Crippen molar-refractivity contribution in [2.24, 2.45) is 11.3 Å². The second-order valence-corrected chi connectivity index (χ2v) is 8.96. The van der Waals surface area contributed by atoms with Crippen LogP contribution in [-0.4, -0.2) is 47.1 Å². The number of nitrogens with one attached hydrogen (secondary N) is 1. The van der Waals surface area contributed by atoms with E-state index in [1.165, 1.54) is 0 Å². The van der Waals surface area contributed by atoms with E-state index in [1.54, 1.807) is 23.4 Å². The first-order valence-corrected chi connectivity index (χ1v) is 9.85. The summed E-state index contributed by atoms with van der Waals surface area (Å²) in [6, 6.07) is 3.57. The molecule has 2 fully saturated rings. The third kappa shape index (κ3) is 3.84. The lowest BCUT2D eigenvalue weighted by atomic mass is 9.91. The van der Waals surface area contributed by atoms with Crippen molar-refractivity contribution in [1.82, 2.24) is 15.2 Å². The smallest absolute Gasteiger partial charge is 0.410 e. The van der Waals surface area contributed by atoms with E-state index in [-0.39, 0.29) is 17.4 Å². The maximum Gasteiger partial charge on any atom is 0.410 e. The zero-order valence-corrected chi connectivity index (χ0v) is 16.7. The molecule has 1 saturated heterocycles. The third-order valence-electron chi connectivity index (χ3n) is 5.83. The second kappa shape index (κ2) is 6.79. The number of hydrogen-bond donors (Lipinski definition) is 1. The quantitative estimate of drug-likeness (QED) is 0.873. The minimum absolute atomic E-state index is 0.190. The molecule has 1 aliphatic heterocycles. The van der Waals surface area contributed by atoms with Crippen LogP contribution in [0.15, 0.2) is 28.9 Å². The molecule has 2 aromatic heterocycles. The van der Waals surface area contributed by atoms with Gasteiger partial charge in [-0.15, -0.1) is 0 Å². The van der Waals surface area contributed by atoms with Gasteiger partial charge in [0.25, 0.3) is 5.91 Å². The van der Waals surface area contributed by atoms with Gasteiger partial charge in [-0.3, -0.25) is 9.78 Å². The summed E-state index contributed by atoms with van der Waals surface area (Å²) in [5.41, 5.74) is 0.402. The lowest BCUT2D eigenvalue weighted by Gasteiger charge is -2.34. The number of ether oxygens (including phenoxy) is 1. The number of amides is 2. The molecule has 2 aromatic rings. The lowest BCUT2D eigenvalue weighted by Crippen LogP contribution is -2.42. The molecule has 1 aliphatic carbocycles. The first-order chi connectivity index (χ1) is 13.3. The van der Waals surface area contributed by atoms with Gasteiger partial charge in [-0.2, -0.15) is 0 Å². The number of likely N-dealkylation sites (tertiary alicyclic amines) is 1. The highest BCUT2D eigenvalue weighted by molar-refractivity contribution is 5.95. The highest BCUT2D eigenvalue weighted by Gasteiger charge is 2.55. The van der Waals surface area contributed by atoms with Crippen molar-refractivity contribution >= 4 is 23.0 Å². The van der Waals surface area contributed by atoms with E-state index >= 15 is 0 Å². The van der Waals surface area contributed by atoms with Crippen LogP contribution in [0.1, 0.15) is 50.6 Å². The average Bonchev–Trinajstić information content (AvgIpc) is 3.11. The number of piperidine rings is 1. The summed E-state index contributed by atoms with van der Waals surface area (Å²) in [7, 11) is 0. The normalized spacial score (nSPS) is 21.0. The standard InChI is InChI=1S/C21H27N3O4/c1-20(2,3)28-19(26)24-8-5-21(6-9-24)11-15(21)12-23-18(25)16-10-14-4-7-22-13-17(14)27-16/h4,7,10,13,15H,5-6,8-9,11-12H2,1-3H3,(H,23,25). The number of pyridine rings is 1. The van der Waals surface area contributed by atoms with Crippen molar-refractivity contribution in [3.63, 3.8) is 0 Å². The second-order valence-electron chi connectivity index (χ2n) is 8.96. The molecule has 0 radical (unpaired) electrons. The van der Waals surface area contributed by atoms with E-state index in [9.17, 15) is 9.59 Å². The van der Waals surface area contributed by atoms with E-state index in [0.29, 0.717) is 23.8 Å². The molecule has 0 aromatic carbocycles. The van der Waals surface area contributed by atoms with Gasteiger partial charge < -0.3 is 19.4 Å². The first-order valence-electron chi connectivity index (χ1n) is 9.85. The molecule has 1 spiro atoms. The fourth-order valence-corrected chi connectivity index (χ4v) is 4.09. The first kappa shape index (κ1) is 18.8. The molecule has 7 nitrogen and oxygen atoms in total. The van der Waals surface area contributed by atoms with E-state index in [2.05, 4.69) is 10.3 Å². The van der Waals surface area contributed by atoms with Crippen LogP contribution in [0.3, 0.4) is 0 Å². The summed E-state index contributed by atoms with van der Waals surface area (Å²) in [4.78, 5) is 30.4. The summed E-state index contributed by atoms with van der Waals surface area (Å²) in [5, 5.41) is 3.87. The third-order valence-corrected chi connectivity index (χ3v) is 5.83. The van der Waals surface area contributed by atoms with E-state index in [1.807, 2.05) is 26.8 Å². The maximum absolute atomic E-state index is 12.4. The molecule has 4 rings (SSSR count). The maximum atomic E-state index is 12.4. The van der Waals surface area contributed by atoms with Gasteiger partial charge in [0.15, 0.2) is 11.3 Å². The number of carbonyl (C=O) groups is 2. The fourth-order valence-electron chi connectivity index (χ4n) is 4.09. The SMILES string of the molecule is CC(C)(C)OC(=O)N1CCC2(CC1)CC2CNC(=O)c1cc2ccncc2o1. The molecule has 2 aliphatic rings. The number of carbonyl (C=O) groups excluding carboxylic acids is 2. The zero-order valence-electron chi connectivity index (χ0n) is 16.7. The van der Waals surface area contributed by atoms with Crippen molar-refractivity contribution in [3.8, 4) is 0 Å². The summed E-state index contributed by atoms with van der Waals surface area (Å²) < 4.78 is 11.0. The van der Waals surface area contributed by atoms with Crippen LogP contribution in [-0.2, 0) is 4.74 Å². The molecule has 1 atom stereocenters. The van der Waals surface area contributed by atoms with Gasteiger partial charge in [-0.25, -0.2) is 4.79 Å². The largest absolute Gasteiger partial charge is 0.449 e. The summed E-state index contributed by atoms with van der Waals surface area (Å²) in [6.45, 7) is 7.73. The summed E-state index contributed by atoms with van der Waals surface area (Å²) >= 11 is 0. The topological polar surface area (TPSA) is 84.7 Å². The number of nitrogens with zero attached hydrogens (tertiary/aromatic N) is 2. The van der Waals surface area contributed by atoms with Crippen LogP contribution >= 0.6 is 0 Å². The Balaban J connectivity index is 1.26. The predicted octanol–water partition coefficient (Wildman–Crippen LogP) is 3.59. The number of hydrogen-bond acceptors (Lipinski definition) is 5. The van der Waals surface area contributed by atoms with Gasteiger partial charge in [0.05, 0.1) is 6.20 Å². The van der Waals surface area contributed by atoms with Crippen LogP contribution in [0.5, 0.6) is 0 Å². The van der Waals surface area contributed by atoms with Crippen molar-refractivity contribution in [3.05, 3.63) is 30.3 Å². The van der Waals surface area contributed by atoms with Gasteiger partial charge in [0, 0.05) is 31.2 Å². The Labute approximate surface area is 164 Å². The van der Waals surface area contributed by atoms with Crippen molar-refractivity contribution in [2.45, 2.75) is 45.6 Å². The van der Waals surface area contributed by atoms with Gasteiger partial charge in [-0.05, 0) is 63.5 Å². The van der Waals surface area contributed by atoms with Crippen LogP contribution < -0.4 is 5.32 Å². The molecular weight excluding hydrogens is 358 g/mol. The molecule has 2 amide bonds. The number of furan rings is 1. The van der Waals surface area contributed by atoms with E-state index < -0.39 is 5.60 Å². The molecule has 28 heavy (non-hydrogen) atoms. The molecule has 1 unspecified atom stereocenters. The van der Waals surface area contributed by atoms with Gasteiger partial charge in [-0.1, -0.05) is 0 Å². The zero-order chi connectivity index (χ0) is 19.9. The van der Waals surface area contributed by atoms with Crippen molar-refractivity contribution in [2.75, 3.05) is 19.6 Å². The highest BCUT2D eigenvalue weighted by atomic mass is 16.6. The molecule has 7 heteroatoms. The van der Waals surface area contributed by atoms with Crippen LogP contribution in [0, 0.1) is 11.3 Å². The minimum Gasteiger partial charge on any atom is -0.449 e. The average molecular weight is 385 g/mol. The Morgan fingerprint density at radius 2 is 2.11 bits per heavy atom. The van der Waals surface area contributed by atoms with Crippen molar-refractivity contribution < 1.29 is 18.7 Å². The van der Waals surface area contributed by atoms with E-state index in [4.69, 9.17) is 9.15 Å². The Kier molecular flexibility index (Phi) is 4.56. The molecule has 1 N–H and O–H groups in total. The van der Waals surface area contributed by atoms with Crippen LogP contribution in [0.4, 0.5) is 4.79 Å². The van der Waals surface area contributed by atoms with Crippen LogP contribution in [0.2, 0.25) is 0 Å². The molecule has 3 heterocycles. The minimum atomic E-state index is -0.467. The van der Waals surface area contributed by atoms with Crippen LogP contribution in [0.25, 0.3) is 11.0 Å². The molecule has 0 bridgehead atoms. The Morgan fingerprint density at radius 1 is 1.36 bits per heavy atom. The Morgan fingerprint density at radius 3 is 2.79 bits per heavy atom. The van der Waals surface area contributed by atoms with Gasteiger partial charge in [0.1, 0.15) is 5.60 Å². The molecule has 150 valence electrons. The van der Waals surface area contributed by atoms with Gasteiger partial charge >= 0.3 is 6.09 Å². The number of rotatable bonds is 3. The Bertz CT molecular complexity index is 857. The fraction of sp³-hybridized carbons (Fsp3) is 0.571. The van der Waals surface area contributed by atoms with Crippen molar-refractivity contribution in [1.29, 1.82) is 0 Å². The molecular formula is C21H27N3O4. The Hall–Kier alpha value is -2.57. The molecule has 1 saturated carbocycles. The number of aromatic nitrogens is 1. The number of fused-ring (bicyclic) bond motifs is 1. The lowest BCUT2D eigenvalue weighted by molar-refractivity contribution is 0.0165. The van der Waals surface area contributed by atoms with E-state index in [0.717, 1.165) is 37.7 Å². The highest BCUT2D eigenvalue weighted by Crippen LogP contribution is 2.59.